The van der Waals surface area contributed by atoms with Gasteiger partial charge in [0.2, 0.25) is 0 Å². The maximum absolute atomic E-state index is 12.4. The summed E-state index contributed by atoms with van der Waals surface area (Å²) in [4.78, 5) is 24.8. The van der Waals surface area contributed by atoms with Crippen molar-refractivity contribution >= 4 is 11.8 Å². The van der Waals surface area contributed by atoms with Crippen LogP contribution in [-0.2, 0) is 9.53 Å². The molecule has 114 valence electrons. The van der Waals surface area contributed by atoms with Crippen molar-refractivity contribution in [2.45, 2.75) is 32.3 Å². The number of hydrogen-bond acceptors (Lipinski definition) is 3. The van der Waals surface area contributed by atoms with Crippen LogP contribution in [0.5, 0.6) is 0 Å². The number of carbonyl (C=O) groups excluding carboxylic acids is 2. The summed E-state index contributed by atoms with van der Waals surface area (Å²) >= 11 is 0. The maximum atomic E-state index is 12.4. The molecule has 3 heteroatoms. The van der Waals surface area contributed by atoms with Gasteiger partial charge in [-0.2, -0.15) is 0 Å². The zero-order chi connectivity index (χ0) is 15.9. The molecule has 3 nitrogen and oxygen atoms in total. The van der Waals surface area contributed by atoms with Crippen LogP contribution in [-0.4, -0.2) is 17.9 Å². The molecule has 0 fully saturated rings. The predicted molar refractivity (Wildman–Crippen MR) is 85.8 cm³/mol. The van der Waals surface area contributed by atoms with Gasteiger partial charge in [0.1, 0.15) is 0 Å². The fourth-order valence-electron chi connectivity index (χ4n) is 2.26. The van der Waals surface area contributed by atoms with E-state index in [4.69, 9.17) is 4.74 Å². The average Bonchev–Trinajstić information content (AvgIpc) is 2.53. The van der Waals surface area contributed by atoms with E-state index in [1.807, 2.05) is 48.5 Å². The number of carbonyl (C=O) groups is 2. The van der Waals surface area contributed by atoms with Gasteiger partial charge in [-0.1, -0.05) is 60.7 Å². The van der Waals surface area contributed by atoms with Crippen LogP contribution in [0.2, 0.25) is 0 Å². The Kier molecular flexibility index (Phi) is 5.48. The molecule has 0 heterocycles. The molecular weight excluding hydrogens is 276 g/mol. The monoisotopic (exact) mass is 296 g/mol. The molecule has 2 aromatic carbocycles. The van der Waals surface area contributed by atoms with E-state index < -0.39 is 5.92 Å². The fraction of sp³-hybridized carbons (Fsp3) is 0.263. The minimum absolute atomic E-state index is 0.0600. The molecule has 1 unspecified atom stereocenters. The highest BCUT2D eigenvalue weighted by molar-refractivity contribution is 5.99. The highest BCUT2D eigenvalue weighted by Crippen LogP contribution is 2.24. The Hall–Kier alpha value is -2.42. The van der Waals surface area contributed by atoms with Crippen molar-refractivity contribution in [2.75, 3.05) is 0 Å². The maximum Gasteiger partial charge on any atom is 0.314 e. The van der Waals surface area contributed by atoms with Crippen LogP contribution in [0.1, 0.15) is 42.1 Å². The van der Waals surface area contributed by atoms with Gasteiger partial charge in [-0.15, -0.1) is 0 Å². The normalized spacial score (nSPS) is 12.0. The Morgan fingerprint density at radius 1 is 0.909 bits per heavy atom. The molecule has 0 bridgehead atoms. The van der Waals surface area contributed by atoms with Crippen LogP contribution in [0, 0.1) is 0 Å². The number of ketones is 1. The van der Waals surface area contributed by atoms with Gasteiger partial charge in [-0.25, -0.2) is 0 Å². The SMILES string of the molecule is CC(C)OC(=O)C(CC(=O)c1ccccc1)c1ccccc1. The number of rotatable bonds is 6. The number of esters is 1. The van der Waals surface area contributed by atoms with E-state index in [0.717, 1.165) is 5.56 Å². The van der Waals surface area contributed by atoms with Gasteiger partial charge in [0.25, 0.3) is 0 Å². The summed E-state index contributed by atoms with van der Waals surface area (Å²) in [6.07, 6.45) is -0.0925. The molecule has 2 aromatic rings. The zero-order valence-electron chi connectivity index (χ0n) is 12.9. The van der Waals surface area contributed by atoms with Crippen LogP contribution >= 0.6 is 0 Å². The molecule has 0 aliphatic rings. The molecule has 2 rings (SSSR count). The first-order chi connectivity index (χ1) is 10.6. The van der Waals surface area contributed by atoms with Gasteiger partial charge in [0.15, 0.2) is 5.78 Å². The van der Waals surface area contributed by atoms with Crippen molar-refractivity contribution in [2.24, 2.45) is 0 Å². The van der Waals surface area contributed by atoms with Crippen molar-refractivity contribution in [3.05, 3.63) is 71.8 Å². The highest BCUT2D eigenvalue weighted by atomic mass is 16.5. The number of benzene rings is 2. The summed E-state index contributed by atoms with van der Waals surface area (Å²) in [5, 5.41) is 0. The first-order valence-corrected chi connectivity index (χ1v) is 7.41. The van der Waals surface area contributed by atoms with E-state index >= 15 is 0 Å². The lowest BCUT2D eigenvalue weighted by molar-refractivity contribution is -0.149. The Morgan fingerprint density at radius 3 is 2.00 bits per heavy atom. The summed E-state index contributed by atoms with van der Waals surface area (Å²) in [5.74, 6) is -0.989. The van der Waals surface area contributed by atoms with E-state index in [2.05, 4.69) is 0 Å². The molecule has 0 saturated heterocycles. The molecule has 0 spiro atoms. The standard InChI is InChI=1S/C19H20O3/c1-14(2)22-19(21)17(15-9-5-3-6-10-15)13-18(20)16-11-7-4-8-12-16/h3-12,14,17H,13H2,1-2H3. The Labute approximate surface area is 130 Å². The molecule has 0 saturated carbocycles. The van der Waals surface area contributed by atoms with E-state index in [1.54, 1.807) is 26.0 Å². The molecular formula is C19H20O3. The molecule has 22 heavy (non-hydrogen) atoms. The first-order valence-electron chi connectivity index (χ1n) is 7.41. The van der Waals surface area contributed by atoms with Crippen molar-refractivity contribution in [1.82, 2.24) is 0 Å². The summed E-state index contributed by atoms with van der Waals surface area (Å²) in [7, 11) is 0. The van der Waals surface area contributed by atoms with Crippen LogP contribution < -0.4 is 0 Å². The lowest BCUT2D eigenvalue weighted by atomic mass is 9.91. The zero-order valence-corrected chi connectivity index (χ0v) is 12.9. The van der Waals surface area contributed by atoms with Gasteiger partial charge in [-0.3, -0.25) is 9.59 Å². The summed E-state index contributed by atoms with van der Waals surface area (Å²) in [6, 6.07) is 18.3. The lowest BCUT2D eigenvalue weighted by Gasteiger charge is -2.17. The number of Topliss-reactive ketones (excluding diaryl/α,β-unsaturated/α-hetero) is 1. The van der Waals surface area contributed by atoms with Crippen molar-refractivity contribution in [1.29, 1.82) is 0 Å². The molecule has 0 radical (unpaired) electrons. The van der Waals surface area contributed by atoms with Crippen molar-refractivity contribution in [3.63, 3.8) is 0 Å². The average molecular weight is 296 g/mol. The first kappa shape index (κ1) is 16.0. The Bertz CT molecular complexity index is 618. The second-order valence-electron chi connectivity index (χ2n) is 5.44. The van der Waals surface area contributed by atoms with Crippen LogP contribution in [0.15, 0.2) is 60.7 Å². The molecule has 1 atom stereocenters. The third-order valence-electron chi connectivity index (χ3n) is 3.32. The van der Waals surface area contributed by atoms with Gasteiger partial charge in [0.05, 0.1) is 12.0 Å². The second kappa shape index (κ2) is 7.55. The van der Waals surface area contributed by atoms with Crippen molar-refractivity contribution in [3.8, 4) is 0 Å². The predicted octanol–water partition coefficient (Wildman–Crippen LogP) is 3.99. The van der Waals surface area contributed by atoms with Crippen LogP contribution in [0.25, 0.3) is 0 Å². The number of ether oxygens (including phenoxy) is 1. The molecule has 0 aliphatic carbocycles. The third kappa shape index (κ3) is 4.29. The minimum Gasteiger partial charge on any atom is -0.462 e. The van der Waals surface area contributed by atoms with Gasteiger partial charge in [0, 0.05) is 12.0 Å². The molecule has 0 aromatic heterocycles. The second-order valence-corrected chi connectivity index (χ2v) is 5.44. The summed E-state index contributed by atoms with van der Waals surface area (Å²) in [6.45, 7) is 3.61. The van der Waals surface area contributed by atoms with Gasteiger partial charge >= 0.3 is 5.97 Å². The van der Waals surface area contributed by atoms with Crippen molar-refractivity contribution < 1.29 is 14.3 Å². The van der Waals surface area contributed by atoms with Gasteiger partial charge in [-0.05, 0) is 19.4 Å². The summed E-state index contributed by atoms with van der Waals surface area (Å²) < 4.78 is 5.31. The number of hydrogen-bond donors (Lipinski definition) is 0. The third-order valence-corrected chi connectivity index (χ3v) is 3.32. The minimum atomic E-state index is -0.573. The topological polar surface area (TPSA) is 43.4 Å². The summed E-state index contributed by atoms with van der Waals surface area (Å²) in [5.41, 5.74) is 1.42. The van der Waals surface area contributed by atoms with E-state index in [9.17, 15) is 9.59 Å². The molecule has 0 aliphatic heterocycles. The van der Waals surface area contributed by atoms with Gasteiger partial charge < -0.3 is 4.74 Å². The Morgan fingerprint density at radius 2 is 1.45 bits per heavy atom. The highest BCUT2D eigenvalue weighted by Gasteiger charge is 2.26. The quantitative estimate of drug-likeness (QED) is 0.598. The van der Waals surface area contributed by atoms with E-state index in [0.29, 0.717) is 5.56 Å². The smallest absolute Gasteiger partial charge is 0.314 e. The van der Waals surface area contributed by atoms with E-state index in [-0.39, 0.29) is 24.3 Å². The van der Waals surface area contributed by atoms with E-state index in [1.165, 1.54) is 0 Å². The molecule has 0 amide bonds. The van der Waals surface area contributed by atoms with Crippen LogP contribution in [0.3, 0.4) is 0 Å². The molecule has 0 N–H and O–H groups in total. The largest absolute Gasteiger partial charge is 0.462 e. The Balaban J connectivity index is 2.21. The fourth-order valence-corrected chi connectivity index (χ4v) is 2.26. The van der Waals surface area contributed by atoms with Crippen LogP contribution in [0.4, 0.5) is 0 Å². The lowest BCUT2D eigenvalue weighted by Crippen LogP contribution is -2.22.